The van der Waals surface area contributed by atoms with Gasteiger partial charge < -0.3 is 10.6 Å². The molecule has 0 amide bonds. The average molecular weight is 281 g/mol. The van der Waals surface area contributed by atoms with Gasteiger partial charge in [-0.1, -0.05) is 26.2 Å². The highest BCUT2D eigenvalue weighted by Gasteiger charge is 2.40. The van der Waals surface area contributed by atoms with E-state index in [9.17, 15) is 0 Å². The normalized spacial score (nSPS) is 38.4. The minimum absolute atomic E-state index is 0.286. The van der Waals surface area contributed by atoms with Crippen LogP contribution >= 0.6 is 0 Å². The Morgan fingerprint density at radius 1 is 1.15 bits per heavy atom. The van der Waals surface area contributed by atoms with Gasteiger partial charge in [0.15, 0.2) is 0 Å². The van der Waals surface area contributed by atoms with E-state index in [1.807, 2.05) is 0 Å². The van der Waals surface area contributed by atoms with Gasteiger partial charge in [-0.25, -0.2) is 0 Å². The van der Waals surface area contributed by atoms with Crippen LogP contribution in [-0.2, 0) is 0 Å². The first-order chi connectivity index (χ1) is 9.61. The van der Waals surface area contributed by atoms with Gasteiger partial charge in [0.2, 0.25) is 0 Å². The number of likely N-dealkylation sites (N-methyl/N-ethyl adjacent to an activating group) is 1. The molecule has 0 aromatic heterocycles. The van der Waals surface area contributed by atoms with Crippen molar-refractivity contribution in [1.82, 2.24) is 9.80 Å². The highest BCUT2D eigenvalue weighted by Crippen LogP contribution is 2.37. The van der Waals surface area contributed by atoms with E-state index in [1.54, 1.807) is 0 Å². The Kier molecular flexibility index (Phi) is 5.88. The lowest BCUT2D eigenvalue weighted by Crippen LogP contribution is -2.58. The van der Waals surface area contributed by atoms with Crippen LogP contribution in [0.5, 0.6) is 0 Å². The predicted octanol–water partition coefficient (Wildman–Crippen LogP) is 2.70. The van der Waals surface area contributed by atoms with E-state index in [1.165, 1.54) is 64.6 Å². The Balaban J connectivity index is 2.12. The fourth-order valence-electron chi connectivity index (χ4n) is 4.56. The number of rotatable bonds is 3. The van der Waals surface area contributed by atoms with Crippen molar-refractivity contribution < 1.29 is 0 Å². The molecule has 0 bridgehead atoms. The fraction of sp³-hybridized carbons (Fsp3) is 1.00. The van der Waals surface area contributed by atoms with E-state index in [0.717, 1.165) is 12.5 Å². The van der Waals surface area contributed by atoms with Crippen LogP contribution in [0.1, 0.15) is 58.8 Å². The minimum Gasteiger partial charge on any atom is -0.329 e. The minimum atomic E-state index is 0.286. The SMILES string of the molecule is CCC1CCCC(CN)(N2CCCN(C)CC2C)CC1. The van der Waals surface area contributed by atoms with Gasteiger partial charge in [0.05, 0.1) is 0 Å². The Labute approximate surface area is 125 Å². The zero-order valence-electron chi connectivity index (χ0n) is 13.9. The van der Waals surface area contributed by atoms with Crippen molar-refractivity contribution in [2.45, 2.75) is 70.4 Å². The summed E-state index contributed by atoms with van der Waals surface area (Å²) in [5.41, 5.74) is 6.60. The van der Waals surface area contributed by atoms with Crippen molar-refractivity contribution in [1.29, 1.82) is 0 Å². The summed E-state index contributed by atoms with van der Waals surface area (Å²) in [5, 5.41) is 0. The van der Waals surface area contributed by atoms with Gasteiger partial charge in [-0.3, -0.25) is 4.90 Å². The second-order valence-corrected chi connectivity index (χ2v) is 7.29. The van der Waals surface area contributed by atoms with Crippen LogP contribution in [0, 0.1) is 5.92 Å². The van der Waals surface area contributed by atoms with Gasteiger partial charge in [0, 0.05) is 31.2 Å². The smallest absolute Gasteiger partial charge is 0.0335 e. The summed E-state index contributed by atoms with van der Waals surface area (Å²) in [6.07, 6.45) is 9.44. The molecule has 2 rings (SSSR count). The summed E-state index contributed by atoms with van der Waals surface area (Å²) in [6.45, 7) is 9.26. The molecular weight excluding hydrogens is 246 g/mol. The topological polar surface area (TPSA) is 32.5 Å². The second kappa shape index (κ2) is 7.24. The van der Waals surface area contributed by atoms with E-state index in [2.05, 4.69) is 30.7 Å². The van der Waals surface area contributed by atoms with Gasteiger partial charge in [-0.15, -0.1) is 0 Å². The molecule has 3 nitrogen and oxygen atoms in total. The first-order valence-electron chi connectivity index (χ1n) is 8.76. The second-order valence-electron chi connectivity index (χ2n) is 7.29. The van der Waals surface area contributed by atoms with Crippen molar-refractivity contribution in [2.24, 2.45) is 11.7 Å². The average Bonchev–Trinajstić information content (AvgIpc) is 2.75. The molecule has 0 spiro atoms. The number of hydrogen-bond acceptors (Lipinski definition) is 3. The highest BCUT2D eigenvalue weighted by atomic mass is 15.3. The van der Waals surface area contributed by atoms with E-state index in [4.69, 9.17) is 5.73 Å². The zero-order valence-corrected chi connectivity index (χ0v) is 13.9. The van der Waals surface area contributed by atoms with Gasteiger partial charge in [0.25, 0.3) is 0 Å². The summed E-state index contributed by atoms with van der Waals surface area (Å²) in [6, 6.07) is 0.643. The lowest BCUT2D eigenvalue weighted by molar-refractivity contribution is 0.0428. The Morgan fingerprint density at radius 2 is 1.95 bits per heavy atom. The van der Waals surface area contributed by atoms with Crippen molar-refractivity contribution in [3.63, 3.8) is 0 Å². The molecular formula is C17H35N3. The third kappa shape index (κ3) is 3.55. The third-order valence-electron chi connectivity index (χ3n) is 5.89. The molecule has 3 atom stereocenters. The molecule has 0 aromatic carbocycles. The molecule has 20 heavy (non-hydrogen) atoms. The Hall–Kier alpha value is -0.120. The Bertz CT molecular complexity index is 294. The molecule has 1 aliphatic carbocycles. The van der Waals surface area contributed by atoms with Crippen LogP contribution in [0.25, 0.3) is 0 Å². The molecule has 118 valence electrons. The molecule has 3 unspecified atom stereocenters. The maximum atomic E-state index is 6.32. The van der Waals surface area contributed by atoms with Gasteiger partial charge in [0.1, 0.15) is 0 Å². The monoisotopic (exact) mass is 281 g/mol. The summed E-state index contributed by atoms with van der Waals surface area (Å²) < 4.78 is 0. The highest BCUT2D eigenvalue weighted by molar-refractivity contribution is 4.97. The molecule has 0 aromatic rings. The molecule has 0 radical (unpaired) electrons. The van der Waals surface area contributed by atoms with Crippen LogP contribution in [-0.4, -0.2) is 54.6 Å². The zero-order chi connectivity index (χ0) is 14.6. The summed E-state index contributed by atoms with van der Waals surface area (Å²) in [5.74, 6) is 0.938. The summed E-state index contributed by atoms with van der Waals surface area (Å²) in [7, 11) is 2.26. The van der Waals surface area contributed by atoms with Gasteiger partial charge >= 0.3 is 0 Å². The van der Waals surface area contributed by atoms with Gasteiger partial charge in [-0.05, 0) is 52.1 Å². The van der Waals surface area contributed by atoms with Crippen molar-refractivity contribution in [2.75, 3.05) is 33.2 Å². The van der Waals surface area contributed by atoms with E-state index in [-0.39, 0.29) is 5.54 Å². The summed E-state index contributed by atoms with van der Waals surface area (Å²) in [4.78, 5) is 5.27. The van der Waals surface area contributed by atoms with Crippen LogP contribution in [0.2, 0.25) is 0 Å². The summed E-state index contributed by atoms with van der Waals surface area (Å²) >= 11 is 0. The number of hydrogen-bond donors (Lipinski definition) is 1. The van der Waals surface area contributed by atoms with Crippen LogP contribution in [0.4, 0.5) is 0 Å². The molecule has 2 N–H and O–H groups in total. The van der Waals surface area contributed by atoms with Crippen LogP contribution < -0.4 is 5.73 Å². The molecule has 2 fully saturated rings. The maximum absolute atomic E-state index is 6.32. The first-order valence-corrected chi connectivity index (χ1v) is 8.76. The third-order valence-corrected chi connectivity index (χ3v) is 5.89. The predicted molar refractivity (Wildman–Crippen MR) is 86.9 cm³/mol. The standard InChI is InChI=1S/C17H35N3/c1-4-16-7-5-9-17(14-18,10-8-16)20-12-6-11-19(3)13-15(20)2/h15-16H,4-14,18H2,1-3H3. The van der Waals surface area contributed by atoms with Crippen molar-refractivity contribution in [3.8, 4) is 0 Å². The van der Waals surface area contributed by atoms with Gasteiger partial charge in [-0.2, -0.15) is 0 Å². The van der Waals surface area contributed by atoms with Crippen molar-refractivity contribution >= 4 is 0 Å². The number of nitrogens with two attached hydrogens (primary N) is 1. The lowest BCUT2D eigenvalue weighted by Gasteiger charge is -2.46. The molecule has 1 saturated heterocycles. The maximum Gasteiger partial charge on any atom is 0.0335 e. The van der Waals surface area contributed by atoms with Crippen molar-refractivity contribution in [3.05, 3.63) is 0 Å². The van der Waals surface area contributed by atoms with Crippen LogP contribution in [0.3, 0.4) is 0 Å². The molecule has 2 aliphatic rings. The van der Waals surface area contributed by atoms with Crippen LogP contribution in [0.15, 0.2) is 0 Å². The lowest BCUT2D eigenvalue weighted by atomic mass is 9.86. The molecule has 1 heterocycles. The quantitative estimate of drug-likeness (QED) is 0.807. The van der Waals surface area contributed by atoms with E-state index in [0.29, 0.717) is 6.04 Å². The largest absolute Gasteiger partial charge is 0.329 e. The van der Waals surface area contributed by atoms with E-state index >= 15 is 0 Å². The molecule has 1 aliphatic heterocycles. The van der Waals surface area contributed by atoms with E-state index < -0.39 is 0 Å². The number of nitrogens with zero attached hydrogens (tertiary/aromatic N) is 2. The Morgan fingerprint density at radius 3 is 2.65 bits per heavy atom. The molecule has 3 heteroatoms. The molecule has 1 saturated carbocycles. The fourth-order valence-corrected chi connectivity index (χ4v) is 4.56. The first kappa shape index (κ1) is 16.3.